The maximum Gasteiger partial charge on any atom is 0.321 e. The summed E-state index contributed by atoms with van der Waals surface area (Å²) in [5.74, 6) is -2.45. The number of hydrogen-bond donors (Lipinski definition) is 3. The SMILES string of the molecule is [2H]CN[C@H](CC(=O)O)C(=O)O. The first-order chi connectivity index (χ1) is 5.07. The topological polar surface area (TPSA) is 86.6 Å². The van der Waals surface area contributed by atoms with Gasteiger partial charge in [0.2, 0.25) is 0 Å². The Labute approximate surface area is 59.1 Å². The molecule has 0 aliphatic carbocycles. The summed E-state index contributed by atoms with van der Waals surface area (Å²) >= 11 is 0. The highest BCUT2D eigenvalue weighted by Gasteiger charge is 2.17. The maximum atomic E-state index is 10.2. The third-order valence-corrected chi connectivity index (χ3v) is 0.923. The second-order valence-electron chi connectivity index (χ2n) is 1.69. The van der Waals surface area contributed by atoms with Crippen LogP contribution < -0.4 is 5.32 Å². The molecule has 1 atom stereocenters. The molecule has 58 valence electrons. The van der Waals surface area contributed by atoms with Gasteiger partial charge in [0, 0.05) is 1.37 Å². The van der Waals surface area contributed by atoms with E-state index in [2.05, 4.69) is 5.32 Å². The zero-order chi connectivity index (χ0) is 8.85. The Kier molecular flexibility index (Phi) is 2.69. The fourth-order valence-electron chi connectivity index (χ4n) is 0.421. The van der Waals surface area contributed by atoms with Gasteiger partial charge in [-0.25, -0.2) is 0 Å². The predicted molar refractivity (Wildman–Crippen MR) is 32.7 cm³/mol. The van der Waals surface area contributed by atoms with Crippen molar-refractivity contribution in [1.82, 2.24) is 5.32 Å². The molecule has 5 heteroatoms. The number of nitrogens with one attached hydrogen (secondary N) is 1. The Hall–Kier alpha value is -1.10. The Morgan fingerprint density at radius 1 is 1.70 bits per heavy atom. The lowest BCUT2D eigenvalue weighted by Gasteiger charge is -2.06. The van der Waals surface area contributed by atoms with Gasteiger partial charge in [-0.15, -0.1) is 0 Å². The third kappa shape index (κ3) is 3.03. The Balaban J connectivity index is 3.89. The molecule has 0 spiro atoms. The van der Waals surface area contributed by atoms with Crippen LogP contribution in [0.1, 0.15) is 7.79 Å². The fraction of sp³-hybridized carbons (Fsp3) is 0.600. The summed E-state index contributed by atoms with van der Waals surface area (Å²) in [7, 11) is -0.301. The van der Waals surface area contributed by atoms with Crippen LogP contribution in [0.25, 0.3) is 0 Å². The van der Waals surface area contributed by atoms with Crippen molar-refractivity contribution in [2.45, 2.75) is 12.5 Å². The first kappa shape index (κ1) is 7.01. The molecule has 5 nitrogen and oxygen atoms in total. The molecule has 0 aliphatic rings. The van der Waals surface area contributed by atoms with Crippen LogP contribution in [0.3, 0.4) is 0 Å². The Bertz CT molecular complexity index is 161. The van der Waals surface area contributed by atoms with Gasteiger partial charge in [0.05, 0.1) is 6.42 Å². The minimum Gasteiger partial charge on any atom is -0.481 e. The van der Waals surface area contributed by atoms with Crippen molar-refractivity contribution in [2.24, 2.45) is 0 Å². The van der Waals surface area contributed by atoms with Crippen molar-refractivity contribution in [3.8, 4) is 0 Å². The summed E-state index contributed by atoms with van der Waals surface area (Å²) in [6.07, 6.45) is -0.506. The second-order valence-corrected chi connectivity index (χ2v) is 1.69. The molecule has 0 amide bonds. The van der Waals surface area contributed by atoms with Gasteiger partial charge in [-0.3, -0.25) is 9.59 Å². The molecule has 0 aromatic rings. The van der Waals surface area contributed by atoms with E-state index in [-0.39, 0.29) is 7.02 Å². The predicted octanol–water partition coefficient (Wildman–Crippen LogP) is -0.866. The smallest absolute Gasteiger partial charge is 0.321 e. The molecule has 0 fully saturated rings. The van der Waals surface area contributed by atoms with Gasteiger partial charge in [0.1, 0.15) is 6.04 Å². The molecule has 0 saturated carbocycles. The van der Waals surface area contributed by atoms with Crippen molar-refractivity contribution in [3.05, 3.63) is 0 Å². The molecule has 0 aromatic carbocycles. The fourth-order valence-corrected chi connectivity index (χ4v) is 0.421. The van der Waals surface area contributed by atoms with Crippen molar-refractivity contribution < 1.29 is 21.2 Å². The molecule has 0 aliphatic heterocycles. The third-order valence-electron chi connectivity index (χ3n) is 0.923. The van der Waals surface area contributed by atoms with E-state index in [0.29, 0.717) is 0 Å². The number of carboxylic acid groups (broad SMARTS) is 2. The zero-order valence-electron chi connectivity index (χ0n) is 6.20. The molecule has 0 saturated heterocycles. The van der Waals surface area contributed by atoms with Gasteiger partial charge >= 0.3 is 11.9 Å². The van der Waals surface area contributed by atoms with Crippen LogP contribution in [0.2, 0.25) is 0 Å². The van der Waals surface area contributed by atoms with E-state index in [4.69, 9.17) is 11.6 Å². The van der Waals surface area contributed by atoms with Crippen molar-refractivity contribution in [3.63, 3.8) is 0 Å². The van der Waals surface area contributed by atoms with E-state index in [0.717, 1.165) is 0 Å². The molecule has 0 radical (unpaired) electrons. The van der Waals surface area contributed by atoms with Crippen LogP contribution in [0.4, 0.5) is 0 Å². The Morgan fingerprint density at radius 2 is 2.30 bits per heavy atom. The largest absolute Gasteiger partial charge is 0.481 e. The second kappa shape index (κ2) is 3.84. The molecule has 0 unspecified atom stereocenters. The number of aliphatic carboxylic acids is 2. The molecule has 3 N–H and O–H groups in total. The normalized spacial score (nSPS) is 13.8. The summed E-state index contributed by atoms with van der Waals surface area (Å²) in [6.45, 7) is 0. The van der Waals surface area contributed by atoms with Crippen LogP contribution >= 0.6 is 0 Å². The highest BCUT2D eigenvalue weighted by atomic mass is 16.4. The highest BCUT2D eigenvalue weighted by Crippen LogP contribution is 1.89. The van der Waals surface area contributed by atoms with E-state index in [1.54, 1.807) is 0 Å². The zero-order valence-corrected chi connectivity index (χ0v) is 5.20. The Morgan fingerprint density at radius 3 is 2.60 bits per heavy atom. The van der Waals surface area contributed by atoms with Crippen LogP contribution in [0, 0.1) is 0 Å². The lowest BCUT2D eigenvalue weighted by molar-refractivity contribution is -0.145. The van der Waals surface area contributed by atoms with Crippen molar-refractivity contribution in [1.29, 1.82) is 0 Å². The quantitative estimate of drug-likeness (QED) is 0.482. The average Bonchev–Trinajstić information content (AvgIpc) is 1.86. The minimum absolute atomic E-state index is 0.301. The molecular weight excluding hydrogens is 138 g/mol. The first-order valence-electron chi connectivity index (χ1n) is 3.26. The van der Waals surface area contributed by atoms with Gasteiger partial charge in [-0.2, -0.15) is 0 Å². The molecule has 0 rings (SSSR count). The summed E-state index contributed by atoms with van der Waals surface area (Å²) in [4.78, 5) is 20.2. The van der Waals surface area contributed by atoms with Gasteiger partial charge in [0.25, 0.3) is 0 Å². The van der Waals surface area contributed by atoms with Gasteiger partial charge in [-0.1, -0.05) is 0 Å². The summed E-state index contributed by atoms with van der Waals surface area (Å²) in [5.41, 5.74) is 0. The van der Waals surface area contributed by atoms with Crippen LogP contribution in [-0.4, -0.2) is 35.2 Å². The van der Waals surface area contributed by atoms with E-state index in [1.807, 2.05) is 0 Å². The van der Waals surface area contributed by atoms with Gasteiger partial charge in [-0.05, 0) is 7.02 Å². The van der Waals surface area contributed by atoms with Gasteiger partial charge in [0.15, 0.2) is 0 Å². The molecule has 10 heavy (non-hydrogen) atoms. The van der Waals surface area contributed by atoms with Crippen LogP contribution in [-0.2, 0) is 9.59 Å². The number of hydrogen-bond acceptors (Lipinski definition) is 3. The van der Waals surface area contributed by atoms with E-state index >= 15 is 0 Å². The minimum atomic E-state index is -1.25. The van der Waals surface area contributed by atoms with E-state index in [1.165, 1.54) is 0 Å². The van der Waals surface area contributed by atoms with Crippen molar-refractivity contribution in [2.75, 3.05) is 7.02 Å². The van der Waals surface area contributed by atoms with E-state index in [9.17, 15) is 9.59 Å². The van der Waals surface area contributed by atoms with Crippen LogP contribution in [0.5, 0.6) is 0 Å². The molecular formula is C5H9NO4. The monoisotopic (exact) mass is 148 g/mol. The van der Waals surface area contributed by atoms with Gasteiger partial charge < -0.3 is 15.5 Å². The number of carbonyl (C=O) groups is 2. The molecule has 0 bridgehead atoms. The summed E-state index contributed by atoms with van der Waals surface area (Å²) in [6, 6.07) is -1.16. The highest BCUT2D eigenvalue weighted by molar-refractivity contribution is 5.80. The van der Waals surface area contributed by atoms with Crippen molar-refractivity contribution >= 4 is 11.9 Å². The number of carboxylic acids is 2. The lowest BCUT2D eigenvalue weighted by atomic mass is 10.2. The number of rotatable bonds is 4. The average molecular weight is 148 g/mol. The standard InChI is InChI=1S/C5H9NO4/c1-6-3(5(9)10)2-4(7)8/h3,6H,2H2,1H3,(H,7,8)(H,9,10)/t3-/m1/s1/i1D. The molecule has 0 heterocycles. The van der Waals surface area contributed by atoms with Crippen LogP contribution in [0.15, 0.2) is 0 Å². The lowest BCUT2D eigenvalue weighted by Crippen LogP contribution is -2.35. The maximum absolute atomic E-state index is 10.2. The first-order valence-corrected chi connectivity index (χ1v) is 2.55. The number of likely N-dealkylation sites (N-methyl/N-ethyl adjacent to an activating group) is 1. The molecule has 0 aromatic heterocycles. The summed E-state index contributed by atoms with van der Waals surface area (Å²) in [5, 5.41) is 18.7. The summed E-state index contributed by atoms with van der Waals surface area (Å²) < 4.78 is 6.60. The van der Waals surface area contributed by atoms with E-state index < -0.39 is 24.4 Å².